The van der Waals surface area contributed by atoms with Crippen LogP contribution in [0, 0.1) is 0 Å². The first-order chi connectivity index (χ1) is 9.13. The Morgan fingerprint density at radius 1 is 1.25 bits per heavy atom. The lowest BCUT2D eigenvalue weighted by molar-refractivity contribution is -0.121. The maximum absolute atomic E-state index is 11.9. The Kier molecular flexibility index (Phi) is 11.0. The molecule has 7 heteroatoms. The van der Waals surface area contributed by atoms with Gasteiger partial charge in [-0.05, 0) is 43.7 Å². The fraction of sp³-hybridized carbons (Fsp3) is 0.462. The molecule has 114 valence electrons. The summed E-state index contributed by atoms with van der Waals surface area (Å²) in [7, 11) is -1.04. The van der Waals surface area contributed by atoms with E-state index >= 15 is 0 Å². The van der Waals surface area contributed by atoms with E-state index in [1.807, 2.05) is 24.3 Å². The van der Waals surface area contributed by atoms with E-state index in [-0.39, 0.29) is 18.3 Å². The van der Waals surface area contributed by atoms with Gasteiger partial charge in [0.1, 0.15) is 0 Å². The molecule has 0 aliphatic carbocycles. The molecule has 0 aliphatic heterocycles. The lowest BCUT2D eigenvalue weighted by Crippen LogP contribution is -2.25. The first-order valence-corrected chi connectivity index (χ1v) is 8.35. The molecule has 0 fully saturated rings. The van der Waals surface area contributed by atoms with E-state index in [1.165, 1.54) is 0 Å². The van der Waals surface area contributed by atoms with E-state index in [0.29, 0.717) is 31.7 Å². The second-order valence-corrected chi connectivity index (χ2v) is 6.59. The number of carbonyl (C=O) groups excluding carboxylic acids is 1. The van der Waals surface area contributed by atoms with Gasteiger partial charge in [-0.15, -0.1) is 12.4 Å². The van der Waals surface area contributed by atoms with Crippen molar-refractivity contribution in [3.8, 4) is 0 Å². The SMILES string of the molecule is Cl.NCCCNC(=O)CCCS(=O)c1ccc(Br)cc1. The third-order valence-corrected chi connectivity index (χ3v) is 4.50. The average molecular weight is 384 g/mol. The summed E-state index contributed by atoms with van der Waals surface area (Å²) in [6, 6.07) is 7.41. The minimum atomic E-state index is -1.04. The van der Waals surface area contributed by atoms with Crippen LogP contribution < -0.4 is 11.1 Å². The molecule has 1 aromatic rings. The Balaban J connectivity index is 0.00000361. The number of hydrogen-bond acceptors (Lipinski definition) is 3. The van der Waals surface area contributed by atoms with E-state index in [9.17, 15) is 9.00 Å². The monoisotopic (exact) mass is 382 g/mol. The topological polar surface area (TPSA) is 72.2 Å². The van der Waals surface area contributed by atoms with E-state index in [1.54, 1.807) is 0 Å². The molecule has 0 aromatic heterocycles. The minimum absolute atomic E-state index is 0. The molecule has 1 amide bonds. The van der Waals surface area contributed by atoms with Gasteiger partial charge in [0.2, 0.25) is 5.91 Å². The van der Waals surface area contributed by atoms with Gasteiger partial charge in [0, 0.05) is 28.1 Å². The summed E-state index contributed by atoms with van der Waals surface area (Å²) in [5.41, 5.74) is 5.33. The summed E-state index contributed by atoms with van der Waals surface area (Å²) < 4.78 is 12.9. The van der Waals surface area contributed by atoms with Gasteiger partial charge in [-0.3, -0.25) is 9.00 Å². The van der Waals surface area contributed by atoms with Crippen LogP contribution >= 0.6 is 28.3 Å². The molecule has 3 N–H and O–H groups in total. The fourth-order valence-corrected chi connectivity index (χ4v) is 2.83. The highest BCUT2D eigenvalue weighted by atomic mass is 79.9. The quantitative estimate of drug-likeness (QED) is 0.676. The largest absolute Gasteiger partial charge is 0.356 e. The van der Waals surface area contributed by atoms with Gasteiger partial charge in [-0.2, -0.15) is 0 Å². The molecule has 0 spiro atoms. The molecule has 0 bridgehead atoms. The zero-order valence-electron chi connectivity index (χ0n) is 11.1. The van der Waals surface area contributed by atoms with E-state index in [4.69, 9.17) is 5.73 Å². The van der Waals surface area contributed by atoms with Gasteiger partial charge in [0.05, 0.1) is 10.8 Å². The van der Waals surface area contributed by atoms with Crippen molar-refractivity contribution in [2.24, 2.45) is 5.73 Å². The highest BCUT2D eigenvalue weighted by Gasteiger charge is 2.06. The van der Waals surface area contributed by atoms with E-state index < -0.39 is 10.8 Å². The van der Waals surface area contributed by atoms with Gasteiger partial charge >= 0.3 is 0 Å². The molecule has 1 unspecified atom stereocenters. The number of nitrogens with two attached hydrogens (primary N) is 1. The van der Waals surface area contributed by atoms with Crippen molar-refractivity contribution >= 4 is 45.0 Å². The maximum atomic E-state index is 11.9. The summed E-state index contributed by atoms with van der Waals surface area (Å²) in [6.45, 7) is 1.19. The fourth-order valence-electron chi connectivity index (χ4n) is 1.49. The molecule has 0 radical (unpaired) electrons. The van der Waals surface area contributed by atoms with Crippen LogP contribution in [0.2, 0.25) is 0 Å². The van der Waals surface area contributed by atoms with Crippen LogP contribution in [0.3, 0.4) is 0 Å². The molecule has 4 nitrogen and oxygen atoms in total. The minimum Gasteiger partial charge on any atom is -0.356 e. The van der Waals surface area contributed by atoms with Gasteiger partial charge < -0.3 is 11.1 Å². The lowest BCUT2D eigenvalue weighted by Gasteiger charge is -2.04. The van der Waals surface area contributed by atoms with Crippen molar-refractivity contribution in [2.75, 3.05) is 18.8 Å². The maximum Gasteiger partial charge on any atom is 0.220 e. The lowest BCUT2D eigenvalue weighted by atomic mass is 10.3. The molecule has 0 saturated heterocycles. The number of hydrogen-bond donors (Lipinski definition) is 2. The number of nitrogens with one attached hydrogen (secondary N) is 1. The molecule has 0 heterocycles. The van der Waals surface area contributed by atoms with Crippen LogP contribution in [0.25, 0.3) is 0 Å². The van der Waals surface area contributed by atoms with Crippen LogP contribution in [-0.2, 0) is 15.6 Å². The zero-order chi connectivity index (χ0) is 14.1. The van der Waals surface area contributed by atoms with Gasteiger partial charge in [-0.25, -0.2) is 0 Å². The first-order valence-electron chi connectivity index (χ1n) is 6.24. The van der Waals surface area contributed by atoms with E-state index in [0.717, 1.165) is 15.8 Å². The molecular formula is C13H20BrClN2O2S. The molecule has 1 atom stereocenters. The molecular weight excluding hydrogens is 364 g/mol. The van der Waals surface area contributed by atoms with E-state index in [2.05, 4.69) is 21.2 Å². The Morgan fingerprint density at radius 3 is 2.50 bits per heavy atom. The summed E-state index contributed by atoms with van der Waals surface area (Å²) >= 11 is 3.34. The molecule has 1 rings (SSSR count). The Bertz CT molecular complexity index is 429. The van der Waals surface area contributed by atoms with Crippen LogP contribution in [-0.4, -0.2) is 29.0 Å². The Hall–Kier alpha value is -0.430. The molecule has 20 heavy (non-hydrogen) atoms. The van der Waals surface area contributed by atoms with Gasteiger partial charge in [0.15, 0.2) is 0 Å². The predicted molar refractivity (Wildman–Crippen MR) is 88.6 cm³/mol. The summed E-state index contributed by atoms with van der Waals surface area (Å²) in [5.74, 6) is 0.507. The van der Waals surface area contributed by atoms with Crippen LogP contribution in [0.4, 0.5) is 0 Å². The smallest absolute Gasteiger partial charge is 0.220 e. The van der Waals surface area contributed by atoms with Crippen molar-refractivity contribution in [2.45, 2.75) is 24.2 Å². The second-order valence-electron chi connectivity index (χ2n) is 4.10. The Labute approximate surface area is 136 Å². The van der Waals surface area contributed by atoms with Gasteiger partial charge in [0.25, 0.3) is 0 Å². The van der Waals surface area contributed by atoms with Crippen molar-refractivity contribution < 1.29 is 9.00 Å². The van der Waals surface area contributed by atoms with Gasteiger partial charge in [-0.1, -0.05) is 15.9 Å². The standard InChI is InChI=1S/C13H19BrN2O2S.ClH/c14-11-4-6-12(7-5-11)19(18)10-1-3-13(17)16-9-2-8-15;/h4-7H,1-3,8-10,15H2,(H,16,17);1H. The molecule has 0 aliphatic rings. The number of benzene rings is 1. The third-order valence-electron chi connectivity index (χ3n) is 2.51. The second kappa shape index (κ2) is 11.3. The summed E-state index contributed by atoms with van der Waals surface area (Å²) in [5, 5.41) is 2.78. The van der Waals surface area contributed by atoms with Crippen molar-refractivity contribution in [3.05, 3.63) is 28.7 Å². The van der Waals surface area contributed by atoms with Crippen LogP contribution in [0.15, 0.2) is 33.6 Å². The molecule has 0 saturated carbocycles. The van der Waals surface area contributed by atoms with Crippen molar-refractivity contribution in [1.82, 2.24) is 5.32 Å². The highest BCUT2D eigenvalue weighted by molar-refractivity contribution is 9.10. The Morgan fingerprint density at radius 2 is 1.90 bits per heavy atom. The number of amides is 1. The van der Waals surface area contributed by atoms with Crippen LogP contribution in [0.1, 0.15) is 19.3 Å². The molecule has 1 aromatic carbocycles. The summed E-state index contributed by atoms with van der Waals surface area (Å²) in [6.07, 6.45) is 1.82. The highest BCUT2D eigenvalue weighted by Crippen LogP contribution is 2.14. The predicted octanol–water partition coefficient (Wildman–Crippen LogP) is 2.22. The average Bonchev–Trinajstić information content (AvgIpc) is 2.39. The number of rotatable bonds is 8. The van der Waals surface area contributed by atoms with Crippen molar-refractivity contribution in [1.29, 1.82) is 0 Å². The normalized spacial score (nSPS) is 11.5. The number of halogens is 2. The zero-order valence-corrected chi connectivity index (χ0v) is 14.4. The van der Waals surface area contributed by atoms with Crippen LogP contribution in [0.5, 0.6) is 0 Å². The number of carbonyl (C=O) groups is 1. The summed E-state index contributed by atoms with van der Waals surface area (Å²) in [4.78, 5) is 12.2. The first kappa shape index (κ1) is 19.6. The third kappa shape index (κ3) is 7.99. The van der Waals surface area contributed by atoms with Crippen molar-refractivity contribution in [3.63, 3.8) is 0 Å².